The Hall–Kier alpha value is -1.99. The molecule has 3 aliphatic rings. The van der Waals surface area contributed by atoms with Gasteiger partial charge in [0.2, 0.25) is 0 Å². The minimum absolute atomic E-state index is 0.0977. The highest BCUT2D eigenvalue weighted by molar-refractivity contribution is 5.94. The number of amides is 1. The Morgan fingerprint density at radius 1 is 1.27 bits per heavy atom. The Morgan fingerprint density at radius 2 is 2.03 bits per heavy atom. The van der Waals surface area contributed by atoms with Crippen molar-refractivity contribution < 1.29 is 23.5 Å². The molecular formula is C23H31FN2O4. The molecule has 0 bridgehead atoms. The van der Waals surface area contributed by atoms with E-state index in [0.717, 1.165) is 45.2 Å². The van der Waals surface area contributed by atoms with Crippen LogP contribution in [0, 0.1) is 18.2 Å². The van der Waals surface area contributed by atoms with Gasteiger partial charge in [0.1, 0.15) is 11.9 Å². The average molecular weight is 419 g/mol. The topological polar surface area (TPSA) is 59.1 Å². The van der Waals surface area contributed by atoms with Crippen molar-refractivity contribution >= 4 is 11.9 Å². The summed E-state index contributed by atoms with van der Waals surface area (Å²) in [5.41, 5.74) is 1.06. The zero-order valence-electron chi connectivity index (χ0n) is 17.9. The largest absolute Gasteiger partial charge is 0.468 e. The fraction of sp³-hybridized carbons (Fsp3) is 0.652. The van der Waals surface area contributed by atoms with E-state index in [1.807, 2.05) is 4.90 Å². The molecule has 1 aromatic carbocycles. The number of aryl methyl sites for hydroxylation is 1. The number of ether oxygens (including phenoxy) is 2. The minimum atomic E-state index is -0.339. The van der Waals surface area contributed by atoms with Gasteiger partial charge in [0.15, 0.2) is 0 Å². The number of likely N-dealkylation sites (tertiary alicyclic amines) is 2. The van der Waals surface area contributed by atoms with Gasteiger partial charge in [-0.3, -0.25) is 14.5 Å². The Labute approximate surface area is 177 Å². The second-order valence-corrected chi connectivity index (χ2v) is 9.07. The minimum Gasteiger partial charge on any atom is -0.468 e. The molecule has 3 saturated heterocycles. The van der Waals surface area contributed by atoms with Crippen LogP contribution in [0.2, 0.25) is 0 Å². The molecule has 2 unspecified atom stereocenters. The maximum absolute atomic E-state index is 13.8. The van der Waals surface area contributed by atoms with Crippen LogP contribution in [-0.2, 0) is 14.3 Å². The van der Waals surface area contributed by atoms with Crippen LogP contribution in [0.15, 0.2) is 18.2 Å². The van der Waals surface area contributed by atoms with Gasteiger partial charge < -0.3 is 14.4 Å². The van der Waals surface area contributed by atoms with E-state index in [2.05, 4.69) is 4.90 Å². The molecular weight excluding hydrogens is 387 g/mol. The zero-order chi connectivity index (χ0) is 21.3. The van der Waals surface area contributed by atoms with Crippen LogP contribution >= 0.6 is 0 Å². The summed E-state index contributed by atoms with van der Waals surface area (Å²) in [4.78, 5) is 28.8. The Bertz CT molecular complexity index is 806. The molecule has 7 heteroatoms. The first-order valence-electron chi connectivity index (χ1n) is 10.9. The highest BCUT2D eigenvalue weighted by Gasteiger charge is 2.44. The first kappa shape index (κ1) is 21.2. The number of esters is 1. The molecule has 0 saturated carbocycles. The van der Waals surface area contributed by atoms with E-state index in [1.165, 1.54) is 13.2 Å². The average Bonchev–Trinajstić information content (AvgIpc) is 3.37. The molecule has 6 nitrogen and oxygen atoms in total. The summed E-state index contributed by atoms with van der Waals surface area (Å²) in [7, 11) is 1.44. The van der Waals surface area contributed by atoms with Gasteiger partial charge in [-0.2, -0.15) is 0 Å². The van der Waals surface area contributed by atoms with Crippen molar-refractivity contribution in [2.45, 2.75) is 51.2 Å². The second kappa shape index (κ2) is 8.63. The molecule has 1 aromatic rings. The maximum Gasteiger partial charge on any atom is 0.323 e. The lowest BCUT2D eigenvalue weighted by Gasteiger charge is -2.38. The number of nitrogens with zero attached hydrogens (tertiary/aromatic N) is 2. The number of carbonyl (C=O) groups is 2. The fourth-order valence-electron chi connectivity index (χ4n) is 5.16. The maximum atomic E-state index is 13.8. The van der Waals surface area contributed by atoms with Gasteiger partial charge in [-0.1, -0.05) is 6.07 Å². The standard InChI is InChI=1S/C23H31FN2O4/c1-16-5-6-17(12-19(16)24)21(27)25-10-7-23(8-11-25)13-18(30-15-23)14-26-9-3-4-20(26)22(28)29-2/h5-6,12,18,20H,3-4,7-11,13-15H2,1-2H3. The number of piperidine rings is 1. The Morgan fingerprint density at radius 3 is 2.73 bits per heavy atom. The number of hydrogen-bond acceptors (Lipinski definition) is 5. The van der Waals surface area contributed by atoms with Crippen LogP contribution in [0.4, 0.5) is 4.39 Å². The van der Waals surface area contributed by atoms with Gasteiger partial charge in [0.05, 0.1) is 19.8 Å². The van der Waals surface area contributed by atoms with Gasteiger partial charge in [-0.15, -0.1) is 0 Å². The van der Waals surface area contributed by atoms with E-state index >= 15 is 0 Å². The van der Waals surface area contributed by atoms with E-state index in [0.29, 0.717) is 30.8 Å². The molecule has 0 aromatic heterocycles. The zero-order valence-corrected chi connectivity index (χ0v) is 17.9. The van der Waals surface area contributed by atoms with Crippen LogP contribution in [0.5, 0.6) is 0 Å². The predicted octanol–water partition coefficient (Wildman–Crippen LogP) is 2.78. The van der Waals surface area contributed by atoms with Gasteiger partial charge in [-0.05, 0) is 68.7 Å². The summed E-state index contributed by atoms with van der Waals surface area (Å²) in [6.45, 7) is 5.39. The number of rotatable bonds is 4. The first-order chi connectivity index (χ1) is 14.4. The smallest absolute Gasteiger partial charge is 0.323 e. The molecule has 0 aliphatic carbocycles. The molecule has 2 atom stereocenters. The summed E-state index contributed by atoms with van der Waals surface area (Å²) in [6.07, 6.45) is 4.71. The van der Waals surface area contributed by atoms with Crippen molar-refractivity contribution in [1.29, 1.82) is 0 Å². The lowest BCUT2D eigenvalue weighted by atomic mass is 9.76. The van der Waals surface area contributed by atoms with E-state index in [9.17, 15) is 14.0 Å². The highest BCUT2D eigenvalue weighted by atomic mass is 19.1. The van der Waals surface area contributed by atoms with Crippen molar-refractivity contribution in [3.63, 3.8) is 0 Å². The summed E-state index contributed by atoms with van der Waals surface area (Å²) < 4.78 is 24.9. The van der Waals surface area contributed by atoms with Crippen LogP contribution in [0.25, 0.3) is 0 Å². The SMILES string of the molecule is COC(=O)C1CCCN1CC1CC2(CCN(C(=O)c3ccc(C)c(F)c3)CC2)CO1. The molecule has 4 rings (SSSR count). The van der Waals surface area contributed by atoms with Crippen LogP contribution in [0.3, 0.4) is 0 Å². The van der Waals surface area contributed by atoms with Crippen molar-refractivity contribution in [3.8, 4) is 0 Å². The summed E-state index contributed by atoms with van der Waals surface area (Å²) >= 11 is 0. The lowest BCUT2D eigenvalue weighted by Crippen LogP contribution is -2.44. The molecule has 1 amide bonds. The molecule has 30 heavy (non-hydrogen) atoms. The molecule has 164 valence electrons. The van der Waals surface area contributed by atoms with Crippen LogP contribution in [0.1, 0.15) is 48.0 Å². The van der Waals surface area contributed by atoms with E-state index in [4.69, 9.17) is 9.47 Å². The summed E-state index contributed by atoms with van der Waals surface area (Å²) in [6, 6.07) is 4.55. The van der Waals surface area contributed by atoms with Gasteiger partial charge in [0.25, 0.3) is 5.91 Å². The number of methoxy groups -OCH3 is 1. The highest BCUT2D eigenvalue weighted by Crippen LogP contribution is 2.42. The van der Waals surface area contributed by atoms with E-state index in [1.54, 1.807) is 19.1 Å². The second-order valence-electron chi connectivity index (χ2n) is 9.07. The number of benzene rings is 1. The number of carbonyl (C=O) groups excluding carboxylic acids is 2. The molecule has 0 N–H and O–H groups in total. The van der Waals surface area contributed by atoms with Crippen LogP contribution in [-0.4, -0.2) is 73.7 Å². The van der Waals surface area contributed by atoms with Crippen molar-refractivity contribution in [3.05, 3.63) is 35.1 Å². The Kier molecular flexibility index (Phi) is 6.11. The first-order valence-corrected chi connectivity index (χ1v) is 10.9. The number of hydrogen-bond donors (Lipinski definition) is 0. The van der Waals surface area contributed by atoms with E-state index < -0.39 is 0 Å². The van der Waals surface area contributed by atoms with Gasteiger partial charge >= 0.3 is 5.97 Å². The van der Waals surface area contributed by atoms with Gasteiger partial charge in [0, 0.05) is 25.2 Å². The molecule has 3 fully saturated rings. The third kappa shape index (κ3) is 4.23. The molecule has 1 spiro atoms. The lowest BCUT2D eigenvalue weighted by molar-refractivity contribution is -0.146. The monoisotopic (exact) mass is 418 g/mol. The molecule has 3 aliphatic heterocycles. The molecule has 3 heterocycles. The predicted molar refractivity (Wildman–Crippen MR) is 110 cm³/mol. The molecule has 0 radical (unpaired) electrons. The Balaban J connectivity index is 1.31. The van der Waals surface area contributed by atoms with Crippen molar-refractivity contribution in [2.75, 3.05) is 39.9 Å². The summed E-state index contributed by atoms with van der Waals surface area (Å²) in [5, 5.41) is 0. The van der Waals surface area contributed by atoms with Crippen molar-refractivity contribution in [1.82, 2.24) is 9.80 Å². The third-order valence-corrected chi connectivity index (χ3v) is 7.09. The van der Waals surface area contributed by atoms with Crippen LogP contribution < -0.4 is 0 Å². The fourth-order valence-corrected chi connectivity index (χ4v) is 5.16. The number of halogens is 1. The summed E-state index contributed by atoms with van der Waals surface area (Å²) in [5.74, 6) is -0.592. The van der Waals surface area contributed by atoms with E-state index in [-0.39, 0.29) is 35.3 Å². The third-order valence-electron chi connectivity index (χ3n) is 7.09. The quantitative estimate of drug-likeness (QED) is 0.704. The normalized spacial score (nSPS) is 26.3. The van der Waals surface area contributed by atoms with Crippen molar-refractivity contribution in [2.24, 2.45) is 5.41 Å². The van der Waals surface area contributed by atoms with Gasteiger partial charge in [-0.25, -0.2) is 4.39 Å².